The molecule has 0 heterocycles. The molecule has 0 aliphatic heterocycles. The first kappa shape index (κ1) is 18.6. The largest absolute Gasteiger partial charge is 0.352 e. The molecule has 2 amide bonds. The summed E-state index contributed by atoms with van der Waals surface area (Å²) < 4.78 is 0. The number of nitrogens with one attached hydrogen (secondary N) is 1. The number of carbonyl (C=O) groups is 2. The molecule has 0 bridgehead atoms. The Balaban J connectivity index is 2.38. The van der Waals surface area contributed by atoms with Gasteiger partial charge in [0.15, 0.2) is 0 Å². The van der Waals surface area contributed by atoms with E-state index in [4.69, 9.17) is 0 Å². The van der Waals surface area contributed by atoms with E-state index < -0.39 is 0 Å². The highest BCUT2D eigenvalue weighted by molar-refractivity contribution is 7.99. The predicted octanol–water partition coefficient (Wildman–Crippen LogP) is 2.60. The van der Waals surface area contributed by atoms with E-state index in [-0.39, 0.29) is 24.4 Å². The number of likely N-dealkylation sites (N-methyl/N-ethyl adjacent to an activating group) is 1. The Morgan fingerprint density at radius 3 is 2.41 bits per heavy atom. The quantitative estimate of drug-likeness (QED) is 0.800. The fourth-order valence-electron chi connectivity index (χ4n) is 1.95. The number of amides is 2. The van der Waals surface area contributed by atoms with Crippen LogP contribution in [0.5, 0.6) is 0 Å². The molecule has 0 saturated carbocycles. The highest BCUT2D eigenvalue weighted by atomic mass is 32.2. The second kappa shape index (κ2) is 9.51. The molecule has 5 heteroatoms. The van der Waals surface area contributed by atoms with Gasteiger partial charge in [-0.15, -0.1) is 11.8 Å². The molecule has 0 fully saturated rings. The molecule has 1 rings (SSSR count). The van der Waals surface area contributed by atoms with Crippen LogP contribution in [0.4, 0.5) is 0 Å². The summed E-state index contributed by atoms with van der Waals surface area (Å²) in [5.41, 5.74) is 2.45. The third kappa shape index (κ3) is 6.98. The van der Waals surface area contributed by atoms with E-state index in [0.29, 0.717) is 12.3 Å². The third-order valence-electron chi connectivity index (χ3n) is 3.13. The van der Waals surface area contributed by atoms with Gasteiger partial charge in [0.1, 0.15) is 0 Å². The van der Waals surface area contributed by atoms with Crippen molar-refractivity contribution in [2.75, 3.05) is 18.8 Å². The second-order valence-electron chi connectivity index (χ2n) is 5.61. The fourth-order valence-corrected chi connectivity index (χ4v) is 2.84. The van der Waals surface area contributed by atoms with E-state index >= 15 is 0 Å². The van der Waals surface area contributed by atoms with Gasteiger partial charge in [0.25, 0.3) is 0 Å². The van der Waals surface area contributed by atoms with E-state index in [1.165, 1.54) is 11.1 Å². The SMILES string of the molecule is CCN(CC(=O)NC(C)C)C(=O)CSCc1ccc(C)cc1. The van der Waals surface area contributed by atoms with Crippen LogP contribution >= 0.6 is 11.8 Å². The van der Waals surface area contributed by atoms with Crippen LogP contribution in [0, 0.1) is 6.92 Å². The maximum atomic E-state index is 12.2. The van der Waals surface area contributed by atoms with E-state index in [1.54, 1.807) is 16.7 Å². The summed E-state index contributed by atoms with van der Waals surface area (Å²) in [6.45, 7) is 8.46. The molecule has 0 aliphatic carbocycles. The summed E-state index contributed by atoms with van der Waals surface area (Å²) >= 11 is 1.58. The monoisotopic (exact) mass is 322 g/mol. The zero-order chi connectivity index (χ0) is 16.5. The lowest BCUT2D eigenvalue weighted by Crippen LogP contribution is -2.43. The summed E-state index contributed by atoms with van der Waals surface area (Å²) in [4.78, 5) is 25.5. The van der Waals surface area contributed by atoms with E-state index in [1.807, 2.05) is 20.8 Å². The standard InChI is InChI=1S/C17H26N2O2S/c1-5-19(10-16(20)18-13(2)3)17(21)12-22-11-15-8-6-14(4)7-9-15/h6-9,13H,5,10-12H2,1-4H3,(H,18,20). The molecule has 122 valence electrons. The molecule has 0 atom stereocenters. The normalized spacial score (nSPS) is 10.6. The second-order valence-corrected chi connectivity index (χ2v) is 6.59. The topological polar surface area (TPSA) is 49.4 Å². The first-order chi connectivity index (χ1) is 10.4. The Labute approximate surface area is 137 Å². The molecule has 1 aromatic carbocycles. The van der Waals surface area contributed by atoms with Crippen molar-refractivity contribution in [2.45, 2.75) is 39.5 Å². The minimum absolute atomic E-state index is 0.0125. The van der Waals surface area contributed by atoms with Crippen molar-refractivity contribution in [1.82, 2.24) is 10.2 Å². The Morgan fingerprint density at radius 1 is 1.23 bits per heavy atom. The number of carbonyl (C=O) groups excluding carboxylic acids is 2. The fraction of sp³-hybridized carbons (Fsp3) is 0.529. The van der Waals surface area contributed by atoms with Gasteiger partial charge in [-0.3, -0.25) is 9.59 Å². The lowest BCUT2D eigenvalue weighted by Gasteiger charge is -2.21. The van der Waals surface area contributed by atoms with Crippen LogP contribution in [-0.4, -0.2) is 41.6 Å². The summed E-state index contributed by atoms with van der Waals surface area (Å²) in [5.74, 6) is 1.12. The van der Waals surface area contributed by atoms with Crippen LogP contribution in [0.1, 0.15) is 31.9 Å². The minimum Gasteiger partial charge on any atom is -0.352 e. The zero-order valence-corrected chi connectivity index (χ0v) is 14.7. The maximum absolute atomic E-state index is 12.2. The predicted molar refractivity (Wildman–Crippen MR) is 92.9 cm³/mol. The van der Waals surface area contributed by atoms with Crippen LogP contribution in [0.25, 0.3) is 0 Å². The average molecular weight is 322 g/mol. The molecule has 22 heavy (non-hydrogen) atoms. The number of rotatable bonds is 8. The number of nitrogens with zero attached hydrogens (tertiary/aromatic N) is 1. The molecule has 0 radical (unpaired) electrons. The van der Waals surface area contributed by atoms with Crippen molar-refractivity contribution in [3.05, 3.63) is 35.4 Å². The Bertz CT molecular complexity index is 486. The van der Waals surface area contributed by atoms with Gasteiger partial charge in [0, 0.05) is 18.3 Å². The van der Waals surface area contributed by atoms with Crippen LogP contribution in [0.2, 0.25) is 0 Å². The molecule has 0 saturated heterocycles. The van der Waals surface area contributed by atoms with Crippen molar-refractivity contribution in [2.24, 2.45) is 0 Å². The van der Waals surface area contributed by atoms with Crippen LogP contribution in [0.3, 0.4) is 0 Å². The van der Waals surface area contributed by atoms with E-state index in [9.17, 15) is 9.59 Å². The molecule has 0 unspecified atom stereocenters. The first-order valence-electron chi connectivity index (χ1n) is 7.62. The summed E-state index contributed by atoms with van der Waals surface area (Å²) in [6, 6.07) is 8.41. The Morgan fingerprint density at radius 2 is 1.86 bits per heavy atom. The van der Waals surface area contributed by atoms with Crippen LogP contribution < -0.4 is 5.32 Å². The molecule has 1 aromatic rings. The van der Waals surface area contributed by atoms with Gasteiger partial charge >= 0.3 is 0 Å². The number of thioether (sulfide) groups is 1. The van der Waals surface area contributed by atoms with Gasteiger partial charge in [-0.1, -0.05) is 29.8 Å². The Kier molecular flexibility index (Phi) is 8.02. The van der Waals surface area contributed by atoms with E-state index in [2.05, 4.69) is 36.5 Å². The molecule has 4 nitrogen and oxygen atoms in total. The maximum Gasteiger partial charge on any atom is 0.239 e. The van der Waals surface area contributed by atoms with Gasteiger partial charge < -0.3 is 10.2 Å². The number of benzene rings is 1. The van der Waals surface area contributed by atoms with Gasteiger partial charge in [0.05, 0.1) is 12.3 Å². The minimum atomic E-state index is -0.103. The summed E-state index contributed by atoms with van der Waals surface area (Å²) in [6.07, 6.45) is 0. The van der Waals surface area contributed by atoms with E-state index in [0.717, 1.165) is 5.75 Å². The first-order valence-corrected chi connectivity index (χ1v) is 8.78. The average Bonchev–Trinajstić information content (AvgIpc) is 2.46. The summed E-state index contributed by atoms with van der Waals surface area (Å²) in [5, 5.41) is 2.81. The van der Waals surface area contributed by atoms with Gasteiger partial charge in [-0.05, 0) is 33.3 Å². The lowest BCUT2D eigenvalue weighted by molar-refractivity contribution is -0.134. The van der Waals surface area contributed by atoms with Gasteiger partial charge in [-0.2, -0.15) is 0 Å². The van der Waals surface area contributed by atoms with Crippen molar-refractivity contribution in [3.63, 3.8) is 0 Å². The van der Waals surface area contributed by atoms with Crippen molar-refractivity contribution < 1.29 is 9.59 Å². The molecule has 1 N–H and O–H groups in total. The molecular formula is C17H26N2O2S. The number of hydrogen-bond donors (Lipinski definition) is 1. The van der Waals surface area contributed by atoms with Crippen molar-refractivity contribution in [1.29, 1.82) is 0 Å². The summed E-state index contributed by atoms with van der Waals surface area (Å²) in [7, 11) is 0. The van der Waals surface area contributed by atoms with Gasteiger partial charge in [0.2, 0.25) is 11.8 Å². The zero-order valence-electron chi connectivity index (χ0n) is 13.9. The van der Waals surface area contributed by atoms with Crippen molar-refractivity contribution in [3.8, 4) is 0 Å². The van der Waals surface area contributed by atoms with Crippen LogP contribution in [-0.2, 0) is 15.3 Å². The van der Waals surface area contributed by atoms with Gasteiger partial charge in [-0.25, -0.2) is 0 Å². The number of aryl methyl sites for hydroxylation is 1. The third-order valence-corrected chi connectivity index (χ3v) is 4.12. The highest BCUT2D eigenvalue weighted by Crippen LogP contribution is 2.13. The number of hydrogen-bond acceptors (Lipinski definition) is 3. The smallest absolute Gasteiger partial charge is 0.239 e. The van der Waals surface area contributed by atoms with Crippen molar-refractivity contribution >= 4 is 23.6 Å². The lowest BCUT2D eigenvalue weighted by atomic mass is 10.2. The molecule has 0 spiro atoms. The molecular weight excluding hydrogens is 296 g/mol. The molecule has 0 aliphatic rings. The highest BCUT2D eigenvalue weighted by Gasteiger charge is 2.15. The Hall–Kier alpha value is -1.49. The molecule has 0 aromatic heterocycles. The van der Waals surface area contributed by atoms with Crippen LogP contribution in [0.15, 0.2) is 24.3 Å².